The Balaban J connectivity index is 4.06. The number of carbonyl (C=O) groups excluding carboxylic acids is 1. The molecule has 0 heterocycles. The molecular weight excluding hydrogens is 292 g/mol. The summed E-state index contributed by atoms with van der Waals surface area (Å²) >= 11 is 0. The van der Waals surface area contributed by atoms with Gasteiger partial charge >= 0.3 is 0 Å². The molecule has 134 valence electrons. The molecule has 1 heteroatoms. The lowest BCUT2D eigenvalue weighted by Crippen LogP contribution is -1.82. The van der Waals surface area contributed by atoms with Crippen molar-refractivity contribution >= 4 is 5.78 Å². The van der Waals surface area contributed by atoms with Crippen LogP contribution < -0.4 is 0 Å². The van der Waals surface area contributed by atoms with Gasteiger partial charge in [0.2, 0.25) is 0 Å². The maximum absolute atomic E-state index is 10.8. The molecule has 1 nitrogen and oxygen atoms in total. The summed E-state index contributed by atoms with van der Waals surface area (Å²) in [5.41, 5.74) is 5.68. The minimum atomic E-state index is 0.0963. The van der Waals surface area contributed by atoms with Gasteiger partial charge in [-0.25, -0.2) is 0 Å². The van der Waals surface area contributed by atoms with Gasteiger partial charge in [-0.3, -0.25) is 4.79 Å². The van der Waals surface area contributed by atoms with Crippen molar-refractivity contribution < 1.29 is 4.79 Å². The molecule has 0 rings (SSSR count). The quantitative estimate of drug-likeness (QED) is 0.221. The van der Waals surface area contributed by atoms with Gasteiger partial charge in [-0.15, -0.1) is 0 Å². The molecule has 0 aromatic carbocycles. The maximum atomic E-state index is 10.8. The third-order valence-corrected chi connectivity index (χ3v) is 3.87. The van der Waals surface area contributed by atoms with Crippen LogP contribution in [0.15, 0.2) is 58.7 Å². The highest BCUT2D eigenvalue weighted by molar-refractivity contribution is 5.87. The lowest BCUT2D eigenvalue weighted by molar-refractivity contribution is -0.112. The molecule has 0 fully saturated rings. The largest absolute Gasteiger partial charge is 0.295 e. The summed E-state index contributed by atoms with van der Waals surface area (Å²) < 4.78 is 0. The molecule has 0 spiro atoms. The second-order valence-electron chi connectivity index (χ2n) is 6.98. The second-order valence-corrected chi connectivity index (χ2v) is 6.98. The van der Waals surface area contributed by atoms with Gasteiger partial charge in [0.1, 0.15) is 0 Å². The maximum Gasteiger partial charge on any atom is 0.152 e. The Morgan fingerprint density at radius 1 is 0.667 bits per heavy atom. The van der Waals surface area contributed by atoms with Gasteiger partial charge in [0, 0.05) is 0 Å². The van der Waals surface area contributed by atoms with Gasteiger partial charge in [-0.05, 0) is 86.1 Å². The normalized spacial score (nSPS) is 13.5. The SMILES string of the molecule is CC(=O)/C=C/C=C(\C)CC/C=C(\C)CC/C=C(\C)CCC=C(C)C. The zero-order valence-corrected chi connectivity index (χ0v) is 16.6. The Bertz CT molecular complexity index is 520. The Labute approximate surface area is 149 Å². The number of hydrogen-bond donors (Lipinski definition) is 0. The molecule has 0 aliphatic rings. The van der Waals surface area contributed by atoms with Crippen molar-refractivity contribution in [3.05, 3.63) is 58.7 Å². The van der Waals surface area contributed by atoms with E-state index in [0.717, 1.165) is 32.1 Å². The molecule has 0 unspecified atom stereocenters. The lowest BCUT2D eigenvalue weighted by Gasteiger charge is -2.02. The zero-order chi connectivity index (χ0) is 18.4. The highest BCUT2D eigenvalue weighted by atomic mass is 16.1. The Morgan fingerprint density at radius 2 is 1.12 bits per heavy atom. The summed E-state index contributed by atoms with van der Waals surface area (Å²) in [7, 11) is 0. The smallest absolute Gasteiger partial charge is 0.152 e. The first-order valence-corrected chi connectivity index (χ1v) is 9.10. The number of ketones is 1. The average molecular weight is 329 g/mol. The van der Waals surface area contributed by atoms with E-state index in [0.29, 0.717) is 0 Å². The fourth-order valence-corrected chi connectivity index (χ4v) is 2.32. The van der Waals surface area contributed by atoms with E-state index in [4.69, 9.17) is 0 Å². The highest BCUT2D eigenvalue weighted by Gasteiger charge is 1.93. The second kappa shape index (κ2) is 13.8. The molecule has 0 saturated carbocycles. The van der Waals surface area contributed by atoms with Crippen molar-refractivity contribution in [3.8, 4) is 0 Å². The van der Waals surface area contributed by atoms with Crippen LogP contribution in [0, 0.1) is 0 Å². The van der Waals surface area contributed by atoms with E-state index in [-0.39, 0.29) is 5.78 Å². The van der Waals surface area contributed by atoms with Gasteiger partial charge in [0.15, 0.2) is 5.78 Å². The van der Waals surface area contributed by atoms with Crippen LogP contribution in [-0.2, 0) is 4.79 Å². The molecule has 24 heavy (non-hydrogen) atoms. The van der Waals surface area contributed by atoms with Crippen LogP contribution in [0.2, 0.25) is 0 Å². The van der Waals surface area contributed by atoms with E-state index in [1.54, 1.807) is 13.0 Å². The molecular formula is C23H36O. The van der Waals surface area contributed by atoms with Crippen molar-refractivity contribution in [2.24, 2.45) is 0 Å². The van der Waals surface area contributed by atoms with Crippen molar-refractivity contribution in [2.75, 3.05) is 0 Å². The van der Waals surface area contributed by atoms with E-state index < -0.39 is 0 Å². The molecule has 0 atom stereocenters. The average Bonchev–Trinajstić information content (AvgIpc) is 2.46. The van der Waals surface area contributed by atoms with E-state index >= 15 is 0 Å². The number of hydrogen-bond acceptors (Lipinski definition) is 1. The van der Waals surface area contributed by atoms with Crippen LogP contribution in [0.3, 0.4) is 0 Å². The summed E-state index contributed by atoms with van der Waals surface area (Å²) in [4.78, 5) is 10.8. The Hall–Kier alpha value is -1.63. The topological polar surface area (TPSA) is 17.1 Å². The van der Waals surface area contributed by atoms with Gasteiger partial charge in [0.25, 0.3) is 0 Å². The molecule has 0 aromatic rings. The molecule has 0 aromatic heterocycles. The monoisotopic (exact) mass is 328 g/mol. The number of allylic oxidation sites excluding steroid dienone is 10. The van der Waals surface area contributed by atoms with Crippen LogP contribution in [0.25, 0.3) is 0 Å². The van der Waals surface area contributed by atoms with Crippen LogP contribution in [0.1, 0.15) is 80.1 Å². The third kappa shape index (κ3) is 15.3. The first kappa shape index (κ1) is 22.4. The number of rotatable bonds is 11. The Kier molecular flexibility index (Phi) is 12.8. The van der Waals surface area contributed by atoms with Crippen LogP contribution in [0.5, 0.6) is 0 Å². The highest BCUT2D eigenvalue weighted by Crippen LogP contribution is 2.13. The predicted octanol–water partition coefficient (Wildman–Crippen LogP) is 7.28. The molecule has 0 bridgehead atoms. The first-order chi connectivity index (χ1) is 11.3. The van der Waals surface area contributed by atoms with E-state index in [9.17, 15) is 4.79 Å². The van der Waals surface area contributed by atoms with Crippen molar-refractivity contribution in [2.45, 2.75) is 80.1 Å². The molecule has 0 amide bonds. The Morgan fingerprint density at radius 3 is 1.58 bits per heavy atom. The molecule has 0 aliphatic carbocycles. The molecule has 0 N–H and O–H groups in total. The van der Waals surface area contributed by atoms with Crippen LogP contribution in [0.4, 0.5) is 0 Å². The van der Waals surface area contributed by atoms with Crippen LogP contribution in [-0.4, -0.2) is 5.78 Å². The van der Waals surface area contributed by atoms with Crippen LogP contribution >= 0.6 is 0 Å². The standard InChI is InChI=1S/C23H36O/c1-19(2)11-7-12-20(3)13-8-14-21(4)15-9-16-22(5)17-10-18-23(6)24/h10-11,13,15,17-18H,7-9,12,14,16H2,1-6H3/b18-10+,20-13+,21-15+,22-17+. The lowest BCUT2D eigenvalue weighted by atomic mass is 10.0. The summed E-state index contributed by atoms with van der Waals surface area (Å²) in [5.74, 6) is 0.0963. The first-order valence-electron chi connectivity index (χ1n) is 9.10. The summed E-state index contributed by atoms with van der Waals surface area (Å²) in [6.45, 7) is 12.5. The van der Waals surface area contributed by atoms with E-state index in [1.807, 2.05) is 12.2 Å². The van der Waals surface area contributed by atoms with Crippen molar-refractivity contribution in [3.63, 3.8) is 0 Å². The van der Waals surface area contributed by atoms with Gasteiger partial charge in [-0.2, -0.15) is 0 Å². The molecule has 0 radical (unpaired) electrons. The fraction of sp³-hybridized carbons (Fsp3) is 0.522. The summed E-state index contributed by atoms with van der Waals surface area (Å²) in [5, 5.41) is 0. The van der Waals surface area contributed by atoms with Gasteiger partial charge in [-0.1, -0.05) is 52.7 Å². The third-order valence-electron chi connectivity index (χ3n) is 3.87. The minimum Gasteiger partial charge on any atom is -0.295 e. The fourth-order valence-electron chi connectivity index (χ4n) is 2.32. The van der Waals surface area contributed by atoms with Gasteiger partial charge in [0.05, 0.1) is 0 Å². The minimum absolute atomic E-state index is 0.0963. The summed E-state index contributed by atoms with van der Waals surface area (Å²) in [6.07, 6.45) is 19.3. The molecule has 0 aliphatic heterocycles. The number of carbonyl (C=O) groups is 1. The van der Waals surface area contributed by atoms with Gasteiger partial charge < -0.3 is 0 Å². The van der Waals surface area contributed by atoms with Crippen molar-refractivity contribution in [1.82, 2.24) is 0 Å². The predicted molar refractivity (Wildman–Crippen MR) is 108 cm³/mol. The summed E-state index contributed by atoms with van der Waals surface area (Å²) in [6, 6.07) is 0. The van der Waals surface area contributed by atoms with E-state index in [1.165, 1.54) is 28.7 Å². The van der Waals surface area contributed by atoms with Crippen molar-refractivity contribution in [1.29, 1.82) is 0 Å². The molecule has 0 saturated heterocycles. The zero-order valence-electron chi connectivity index (χ0n) is 16.6. The van der Waals surface area contributed by atoms with E-state index in [2.05, 4.69) is 52.8 Å².